The van der Waals surface area contributed by atoms with Crippen LogP contribution < -0.4 is 10.1 Å². The van der Waals surface area contributed by atoms with Crippen LogP contribution in [0.5, 0.6) is 5.75 Å². The molecule has 1 heterocycles. The first-order valence-corrected chi connectivity index (χ1v) is 9.82. The Bertz CT molecular complexity index is 880. The van der Waals surface area contributed by atoms with Gasteiger partial charge in [-0.3, -0.25) is 9.59 Å². The van der Waals surface area contributed by atoms with E-state index in [9.17, 15) is 27.6 Å². The normalized spacial score (nSPS) is 17.4. The van der Waals surface area contributed by atoms with Crippen LogP contribution in [0, 0.1) is 18.4 Å². The number of benzene rings is 1. The smallest absolute Gasteiger partial charge is 0.407 e. The monoisotopic (exact) mass is 439 g/mol. The second-order valence-corrected chi connectivity index (χ2v) is 7.60. The van der Waals surface area contributed by atoms with E-state index in [1.54, 1.807) is 11.8 Å². The summed E-state index contributed by atoms with van der Waals surface area (Å²) >= 11 is 0. The summed E-state index contributed by atoms with van der Waals surface area (Å²) in [5.41, 5.74) is 0.0624. The summed E-state index contributed by atoms with van der Waals surface area (Å²) in [6.07, 6.45) is -3.65. The van der Waals surface area contributed by atoms with Crippen molar-refractivity contribution in [2.45, 2.75) is 46.0 Å². The highest BCUT2D eigenvalue weighted by Crippen LogP contribution is 2.30. The first-order chi connectivity index (χ1) is 14.5. The summed E-state index contributed by atoms with van der Waals surface area (Å²) in [7, 11) is 0. The average Bonchev–Trinajstić information content (AvgIpc) is 2.70. The van der Waals surface area contributed by atoms with Crippen LogP contribution in [0.15, 0.2) is 18.2 Å². The Morgan fingerprint density at radius 1 is 1.35 bits per heavy atom. The molecule has 7 nitrogen and oxygen atoms in total. The molecule has 0 aromatic heterocycles. The van der Waals surface area contributed by atoms with Crippen LogP contribution >= 0.6 is 0 Å². The molecule has 1 aromatic rings. The minimum Gasteiger partial charge on any atom is -0.407 e. The molecule has 0 radical (unpaired) electrons. The molecule has 0 saturated carbocycles. The first kappa shape index (κ1) is 24.2. The second kappa shape index (κ2) is 10.3. The number of nitrogens with zero attached hydrogens (tertiary/aromatic N) is 2. The molecule has 0 unspecified atom stereocenters. The number of amides is 2. The summed E-state index contributed by atoms with van der Waals surface area (Å²) in [6, 6.07) is 3.61. The van der Waals surface area contributed by atoms with E-state index in [1.165, 1.54) is 19.1 Å². The van der Waals surface area contributed by atoms with Gasteiger partial charge in [0.25, 0.3) is 0 Å². The lowest BCUT2D eigenvalue weighted by Gasteiger charge is -2.33. The van der Waals surface area contributed by atoms with Crippen molar-refractivity contribution < 1.29 is 32.3 Å². The van der Waals surface area contributed by atoms with Gasteiger partial charge in [-0.25, -0.2) is 4.85 Å². The number of ketones is 1. The Labute approximate surface area is 178 Å². The van der Waals surface area contributed by atoms with E-state index in [4.69, 9.17) is 6.57 Å². The van der Waals surface area contributed by atoms with Crippen LogP contribution in [0.3, 0.4) is 0 Å². The number of ether oxygens (including phenoxy) is 1. The van der Waals surface area contributed by atoms with Crippen molar-refractivity contribution in [3.63, 3.8) is 0 Å². The lowest BCUT2D eigenvalue weighted by molar-refractivity contribution is -0.274. The van der Waals surface area contributed by atoms with E-state index in [0.717, 1.165) is 6.07 Å². The van der Waals surface area contributed by atoms with Crippen LogP contribution in [0.2, 0.25) is 0 Å². The number of likely N-dealkylation sites (tertiary alicyclic amines) is 1. The summed E-state index contributed by atoms with van der Waals surface area (Å²) in [6.45, 7) is 10.5. The number of piperidine rings is 1. The molecule has 1 fully saturated rings. The third-order valence-electron chi connectivity index (χ3n) is 4.98. The average molecular weight is 439 g/mol. The molecule has 1 aliphatic rings. The summed E-state index contributed by atoms with van der Waals surface area (Å²) < 4.78 is 42.0. The Hall–Kier alpha value is -3.09. The van der Waals surface area contributed by atoms with Gasteiger partial charge >= 0.3 is 6.36 Å². The van der Waals surface area contributed by atoms with Gasteiger partial charge in [0.15, 0.2) is 5.69 Å². The Morgan fingerprint density at radius 3 is 2.68 bits per heavy atom. The van der Waals surface area contributed by atoms with Crippen molar-refractivity contribution in [1.29, 1.82) is 0 Å². The number of nitrogens with one attached hydrogen (secondary N) is 1. The maximum atomic E-state index is 12.7. The van der Waals surface area contributed by atoms with Crippen LogP contribution in [0.25, 0.3) is 4.85 Å². The summed E-state index contributed by atoms with van der Waals surface area (Å²) in [4.78, 5) is 41.0. The molecular weight excluding hydrogens is 415 g/mol. The molecule has 2 atom stereocenters. The summed E-state index contributed by atoms with van der Waals surface area (Å²) in [5, 5.41) is 2.60. The topological polar surface area (TPSA) is 80.1 Å². The Morgan fingerprint density at radius 2 is 2.06 bits per heavy atom. The van der Waals surface area contributed by atoms with E-state index < -0.39 is 23.9 Å². The predicted molar refractivity (Wildman–Crippen MR) is 105 cm³/mol. The molecule has 1 aromatic carbocycles. The van der Waals surface area contributed by atoms with Gasteiger partial charge in [0.05, 0.1) is 12.5 Å². The molecule has 0 aliphatic carbocycles. The number of carbonyl (C=O) groups excluding carboxylic acids is 3. The van der Waals surface area contributed by atoms with Crippen LogP contribution in [0.4, 0.5) is 18.9 Å². The predicted octanol–water partition coefficient (Wildman–Crippen LogP) is 3.61. The first-order valence-electron chi connectivity index (χ1n) is 9.82. The maximum Gasteiger partial charge on any atom is 0.573 e. The molecule has 1 saturated heterocycles. The fourth-order valence-corrected chi connectivity index (χ4v) is 3.53. The van der Waals surface area contributed by atoms with E-state index >= 15 is 0 Å². The largest absolute Gasteiger partial charge is 0.573 e. The van der Waals surface area contributed by atoms with Gasteiger partial charge in [0, 0.05) is 37.5 Å². The lowest BCUT2D eigenvalue weighted by Crippen LogP contribution is -2.47. The number of carbonyl (C=O) groups is 3. The highest BCUT2D eigenvalue weighted by atomic mass is 19.4. The van der Waals surface area contributed by atoms with Crippen molar-refractivity contribution >= 4 is 23.3 Å². The molecule has 0 bridgehead atoms. The number of halogens is 3. The quantitative estimate of drug-likeness (QED) is 0.659. The molecule has 168 valence electrons. The number of hydrogen-bond donors (Lipinski definition) is 1. The third kappa shape index (κ3) is 7.27. The van der Waals surface area contributed by atoms with Gasteiger partial charge in [0.1, 0.15) is 11.5 Å². The van der Waals surface area contributed by atoms with Crippen LogP contribution in [-0.2, 0) is 20.9 Å². The number of alkyl halides is 3. The Kier molecular flexibility index (Phi) is 8.02. The van der Waals surface area contributed by atoms with Gasteiger partial charge in [0.2, 0.25) is 11.8 Å². The number of Topliss-reactive ketones (excluding diaryl/α,β-unsaturated/α-hetero) is 1. The van der Waals surface area contributed by atoms with E-state index in [2.05, 4.69) is 14.9 Å². The zero-order valence-electron chi connectivity index (χ0n) is 17.3. The molecule has 2 amide bonds. The molecule has 10 heteroatoms. The maximum absolute atomic E-state index is 12.7. The van der Waals surface area contributed by atoms with E-state index in [0.29, 0.717) is 19.4 Å². The number of rotatable bonds is 7. The fourth-order valence-electron chi connectivity index (χ4n) is 3.53. The van der Waals surface area contributed by atoms with Crippen molar-refractivity contribution in [3.05, 3.63) is 35.2 Å². The van der Waals surface area contributed by atoms with Gasteiger partial charge in [-0.05, 0) is 25.8 Å². The SMILES string of the molecule is [C-]#[N+]c1ccc(CNC(=O)[C@@H]2CCCN(C(=O)[C@@H](C)CC(C)=O)C2)c(OC(F)(F)F)c1. The molecule has 0 spiro atoms. The highest BCUT2D eigenvalue weighted by Gasteiger charge is 2.33. The fraction of sp³-hybridized carbons (Fsp3) is 0.524. The van der Waals surface area contributed by atoms with Gasteiger partial charge < -0.3 is 19.7 Å². The van der Waals surface area contributed by atoms with Crippen molar-refractivity contribution in [3.8, 4) is 5.75 Å². The minimum absolute atomic E-state index is 0.0181. The van der Waals surface area contributed by atoms with Gasteiger partial charge in [-0.15, -0.1) is 13.2 Å². The highest BCUT2D eigenvalue weighted by molar-refractivity contribution is 5.86. The van der Waals surface area contributed by atoms with Crippen molar-refractivity contribution in [2.24, 2.45) is 11.8 Å². The molecule has 31 heavy (non-hydrogen) atoms. The standard InChI is InChI=1S/C21H24F3N3O4/c1-13(9-14(2)28)20(30)27-8-4-5-16(12-27)19(29)26-11-15-6-7-17(25-3)10-18(15)31-21(22,23)24/h6-7,10,13,16H,4-5,8-9,11-12H2,1-2H3,(H,26,29)/t13-,16+/m0/s1. The lowest BCUT2D eigenvalue weighted by atomic mass is 9.95. The molecule has 1 N–H and O–H groups in total. The Balaban J connectivity index is 2.01. The van der Waals surface area contributed by atoms with Gasteiger partial charge in [-0.1, -0.05) is 19.1 Å². The number of hydrogen-bond acceptors (Lipinski definition) is 4. The van der Waals surface area contributed by atoms with Crippen molar-refractivity contribution in [1.82, 2.24) is 10.2 Å². The van der Waals surface area contributed by atoms with Crippen molar-refractivity contribution in [2.75, 3.05) is 13.1 Å². The van der Waals surface area contributed by atoms with Crippen LogP contribution in [0.1, 0.15) is 38.7 Å². The molecular formula is C21H24F3N3O4. The molecule has 1 aliphatic heterocycles. The third-order valence-corrected chi connectivity index (χ3v) is 4.98. The van der Waals surface area contributed by atoms with Crippen LogP contribution in [-0.4, -0.2) is 41.9 Å². The van der Waals surface area contributed by atoms with E-state index in [-0.39, 0.29) is 48.4 Å². The molecule has 2 rings (SSSR count). The zero-order valence-corrected chi connectivity index (χ0v) is 17.3. The van der Waals surface area contributed by atoms with E-state index in [1.807, 2.05) is 0 Å². The second-order valence-electron chi connectivity index (χ2n) is 7.60. The minimum atomic E-state index is -4.93. The summed E-state index contributed by atoms with van der Waals surface area (Å²) in [5.74, 6) is -2.18. The zero-order chi connectivity index (χ0) is 23.2. The van der Waals surface area contributed by atoms with Gasteiger partial charge in [-0.2, -0.15) is 0 Å².